The zero-order chi connectivity index (χ0) is 23.8. The molecule has 0 aliphatic rings. The van der Waals surface area contributed by atoms with Gasteiger partial charge in [-0.2, -0.15) is 0 Å². The van der Waals surface area contributed by atoms with Gasteiger partial charge in [-0.1, -0.05) is 54.1 Å². The number of nitrogens with zero attached hydrogens (tertiary/aromatic N) is 2. The Kier molecular flexibility index (Phi) is 8.23. The monoisotopic (exact) mass is 475 g/mol. The number of fused-ring (bicyclic) bond motifs is 1. The van der Waals surface area contributed by atoms with Crippen LogP contribution in [-0.4, -0.2) is 35.2 Å². The maximum absolute atomic E-state index is 10.6. The highest BCUT2D eigenvalue weighted by Gasteiger charge is 2.13. The van der Waals surface area contributed by atoms with Crippen molar-refractivity contribution in [3.8, 4) is 11.5 Å². The molecular weight excluding hydrogens is 446 g/mol. The summed E-state index contributed by atoms with van der Waals surface area (Å²) in [5.41, 5.74) is 4.09. The number of halogens is 1. The summed E-state index contributed by atoms with van der Waals surface area (Å²) >= 11 is 6.10. The average molecular weight is 476 g/mol. The Balaban J connectivity index is 1.36. The average Bonchev–Trinajstić information content (AvgIpc) is 2.85. The van der Waals surface area contributed by atoms with Crippen molar-refractivity contribution in [1.29, 1.82) is 0 Å². The lowest BCUT2D eigenvalue weighted by atomic mass is 10.1. The van der Waals surface area contributed by atoms with Crippen molar-refractivity contribution in [2.24, 2.45) is 0 Å². The van der Waals surface area contributed by atoms with Crippen LogP contribution in [0.3, 0.4) is 0 Å². The van der Waals surface area contributed by atoms with Gasteiger partial charge in [0.2, 0.25) is 0 Å². The second-order valence-electron chi connectivity index (χ2n) is 8.32. The Bertz CT molecular complexity index is 1220. The maximum Gasteiger partial charge on any atom is 0.162 e. The van der Waals surface area contributed by atoms with E-state index in [-0.39, 0.29) is 5.75 Å². The molecular formula is C28H30ClN3O2. The minimum absolute atomic E-state index is 0.217. The van der Waals surface area contributed by atoms with Crippen molar-refractivity contribution in [2.75, 3.05) is 25.5 Å². The first kappa shape index (κ1) is 23.9. The predicted octanol–water partition coefficient (Wildman–Crippen LogP) is 6.50. The largest absolute Gasteiger partial charge is 0.504 e. The molecule has 4 aromatic rings. The van der Waals surface area contributed by atoms with Gasteiger partial charge in [-0.3, -0.25) is 9.88 Å². The van der Waals surface area contributed by atoms with Crippen LogP contribution in [0.4, 0.5) is 5.69 Å². The van der Waals surface area contributed by atoms with Gasteiger partial charge in [-0.15, -0.1) is 0 Å². The third-order valence-electron chi connectivity index (χ3n) is 5.87. The fraction of sp³-hybridized carbons (Fsp3) is 0.250. The topological polar surface area (TPSA) is 57.6 Å². The minimum Gasteiger partial charge on any atom is -0.504 e. The lowest BCUT2D eigenvalue weighted by molar-refractivity contribution is 0.247. The highest BCUT2D eigenvalue weighted by atomic mass is 35.5. The molecule has 1 aromatic heterocycles. The lowest BCUT2D eigenvalue weighted by Crippen LogP contribution is -2.24. The number of methoxy groups -OCH3 is 1. The quantitative estimate of drug-likeness (QED) is 0.242. The van der Waals surface area contributed by atoms with E-state index in [0.29, 0.717) is 17.3 Å². The Morgan fingerprint density at radius 1 is 0.971 bits per heavy atom. The minimum atomic E-state index is 0.217. The molecule has 0 radical (unpaired) electrons. The number of phenols is 1. The number of hydrogen-bond donors (Lipinski definition) is 2. The first-order valence-electron chi connectivity index (χ1n) is 11.5. The van der Waals surface area contributed by atoms with Gasteiger partial charge in [-0.25, -0.2) is 0 Å². The van der Waals surface area contributed by atoms with Crippen LogP contribution in [0.25, 0.3) is 10.9 Å². The highest BCUT2D eigenvalue weighted by molar-refractivity contribution is 6.31. The number of phenolic OH excluding ortho intramolecular Hbond substituents is 1. The van der Waals surface area contributed by atoms with Gasteiger partial charge < -0.3 is 15.2 Å². The van der Waals surface area contributed by atoms with Gasteiger partial charge in [0.1, 0.15) is 0 Å². The number of aromatic nitrogens is 1. The van der Waals surface area contributed by atoms with Gasteiger partial charge >= 0.3 is 0 Å². The maximum atomic E-state index is 10.6. The molecule has 0 aliphatic carbocycles. The second-order valence-corrected chi connectivity index (χ2v) is 8.75. The summed E-state index contributed by atoms with van der Waals surface area (Å²) in [6, 6.07) is 23.9. The van der Waals surface area contributed by atoms with Gasteiger partial charge in [0, 0.05) is 47.5 Å². The zero-order valence-corrected chi connectivity index (χ0v) is 20.1. The summed E-state index contributed by atoms with van der Waals surface area (Å²) < 4.78 is 5.29. The number of unbranched alkanes of at least 4 members (excludes halogenated alkanes) is 1. The van der Waals surface area contributed by atoms with Crippen LogP contribution >= 0.6 is 11.6 Å². The van der Waals surface area contributed by atoms with E-state index in [9.17, 15) is 5.11 Å². The molecule has 34 heavy (non-hydrogen) atoms. The fourth-order valence-corrected chi connectivity index (χ4v) is 4.28. The Morgan fingerprint density at radius 3 is 2.65 bits per heavy atom. The van der Waals surface area contributed by atoms with Crippen LogP contribution in [0.2, 0.25) is 5.02 Å². The fourth-order valence-electron chi connectivity index (χ4n) is 4.12. The van der Waals surface area contributed by atoms with E-state index in [4.69, 9.17) is 16.3 Å². The molecule has 2 N–H and O–H groups in total. The molecule has 0 saturated carbocycles. The Labute approximate surface area is 206 Å². The van der Waals surface area contributed by atoms with Crippen LogP contribution in [0.5, 0.6) is 11.5 Å². The first-order chi connectivity index (χ1) is 16.6. The van der Waals surface area contributed by atoms with Crippen molar-refractivity contribution in [2.45, 2.75) is 25.9 Å². The lowest BCUT2D eigenvalue weighted by Gasteiger charge is -2.23. The molecule has 0 unspecified atom stereocenters. The number of para-hydroxylation sites is 1. The molecule has 6 heteroatoms. The molecule has 0 spiro atoms. The van der Waals surface area contributed by atoms with E-state index >= 15 is 0 Å². The van der Waals surface area contributed by atoms with Crippen LogP contribution in [0.1, 0.15) is 24.0 Å². The van der Waals surface area contributed by atoms with E-state index in [0.717, 1.165) is 54.6 Å². The molecule has 1 heterocycles. The van der Waals surface area contributed by atoms with E-state index in [2.05, 4.69) is 39.5 Å². The summed E-state index contributed by atoms with van der Waals surface area (Å²) in [6.07, 6.45) is 3.86. The number of nitrogens with one attached hydrogen (secondary N) is 1. The van der Waals surface area contributed by atoms with Gasteiger partial charge in [0.05, 0.1) is 12.6 Å². The standard InChI is InChI=1S/C28H30ClN3O2/c1-34-27-11-7-10-22(28(27)33)20-32(19-21-8-3-2-4-9-21)17-6-5-15-30-25-14-16-31-26-18-23(29)12-13-24(25)26/h2-4,7-14,16,18,33H,5-6,15,17,19-20H2,1H3,(H,30,31). The van der Waals surface area contributed by atoms with Gasteiger partial charge in [-0.05, 0) is 55.3 Å². The number of anilines is 1. The Morgan fingerprint density at radius 2 is 1.82 bits per heavy atom. The van der Waals surface area contributed by atoms with E-state index < -0.39 is 0 Å². The predicted molar refractivity (Wildman–Crippen MR) is 140 cm³/mol. The second kappa shape index (κ2) is 11.7. The van der Waals surface area contributed by atoms with Crippen molar-refractivity contribution in [3.63, 3.8) is 0 Å². The third-order valence-corrected chi connectivity index (χ3v) is 6.10. The molecule has 5 nitrogen and oxygen atoms in total. The smallest absolute Gasteiger partial charge is 0.162 e. The van der Waals surface area contributed by atoms with Gasteiger partial charge in [0.15, 0.2) is 11.5 Å². The van der Waals surface area contributed by atoms with Crippen LogP contribution in [0, 0.1) is 0 Å². The summed E-state index contributed by atoms with van der Waals surface area (Å²) in [6.45, 7) is 3.26. The van der Waals surface area contributed by atoms with Crippen LogP contribution in [-0.2, 0) is 13.1 Å². The van der Waals surface area contributed by atoms with Crippen molar-refractivity contribution >= 4 is 28.2 Å². The zero-order valence-electron chi connectivity index (χ0n) is 19.4. The van der Waals surface area contributed by atoms with E-state index in [1.165, 1.54) is 5.56 Å². The third kappa shape index (κ3) is 6.19. The van der Waals surface area contributed by atoms with Crippen molar-refractivity contribution in [1.82, 2.24) is 9.88 Å². The van der Waals surface area contributed by atoms with Crippen molar-refractivity contribution < 1.29 is 9.84 Å². The van der Waals surface area contributed by atoms with E-state index in [1.807, 2.05) is 48.7 Å². The van der Waals surface area contributed by atoms with Crippen molar-refractivity contribution in [3.05, 3.63) is 95.1 Å². The molecule has 0 fully saturated rings. The number of pyridine rings is 1. The van der Waals surface area contributed by atoms with Crippen LogP contribution < -0.4 is 10.1 Å². The van der Waals surface area contributed by atoms with Gasteiger partial charge in [0.25, 0.3) is 0 Å². The van der Waals surface area contributed by atoms with E-state index in [1.54, 1.807) is 13.2 Å². The Hall–Kier alpha value is -3.28. The number of rotatable bonds is 11. The molecule has 0 atom stereocenters. The molecule has 0 saturated heterocycles. The molecule has 0 bridgehead atoms. The number of aromatic hydroxyl groups is 1. The normalized spacial score (nSPS) is 11.1. The van der Waals surface area contributed by atoms with Crippen LogP contribution in [0.15, 0.2) is 79.0 Å². The summed E-state index contributed by atoms with van der Waals surface area (Å²) in [5.74, 6) is 0.724. The molecule has 0 aliphatic heterocycles. The molecule has 4 rings (SSSR count). The molecule has 3 aromatic carbocycles. The first-order valence-corrected chi connectivity index (χ1v) is 11.9. The summed E-state index contributed by atoms with van der Waals surface area (Å²) in [7, 11) is 1.58. The summed E-state index contributed by atoms with van der Waals surface area (Å²) in [4.78, 5) is 6.78. The number of benzene rings is 3. The number of hydrogen-bond acceptors (Lipinski definition) is 5. The highest BCUT2D eigenvalue weighted by Crippen LogP contribution is 2.30. The molecule has 176 valence electrons. The molecule has 0 amide bonds. The SMILES string of the molecule is COc1cccc(CN(CCCCNc2ccnc3cc(Cl)ccc23)Cc2ccccc2)c1O. The summed E-state index contributed by atoms with van der Waals surface area (Å²) in [5, 5.41) is 15.9. The number of ether oxygens (including phenoxy) is 1.